The number of nitrogens with zero attached hydrogens (tertiary/aromatic N) is 1. The minimum absolute atomic E-state index is 0. The van der Waals surface area contributed by atoms with Crippen molar-refractivity contribution in [3.05, 3.63) is 52.6 Å². The number of carbonyl (C=O) groups excluding carboxylic acids is 1. The number of halogens is 5. The fourth-order valence-electron chi connectivity index (χ4n) is 7.24. The third-order valence-corrected chi connectivity index (χ3v) is 9.30. The molecule has 1 N–H and O–H groups in total. The Morgan fingerprint density at radius 2 is 1.55 bits per heavy atom. The van der Waals surface area contributed by atoms with Gasteiger partial charge in [0.15, 0.2) is 5.78 Å². The monoisotopic (exact) mass is 623 g/mol. The molecule has 1 saturated carbocycles. The molecule has 1 heterocycles. The Bertz CT molecular complexity index is 1160. The van der Waals surface area contributed by atoms with Gasteiger partial charge in [-0.1, -0.05) is 48.8 Å². The zero-order valence-corrected chi connectivity index (χ0v) is 22.7. The van der Waals surface area contributed by atoms with Gasteiger partial charge in [0, 0.05) is 31.6 Å². The second-order valence-corrected chi connectivity index (χ2v) is 11.4. The maximum atomic E-state index is 15.0. The van der Waals surface area contributed by atoms with Gasteiger partial charge in [-0.3, -0.25) is 4.79 Å². The first kappa shape index (κ1) is 40.1. The number of carbonyl (C=O) groups is 1. The number of anilines is 1. The third-order valence-electron chi connectivity index (χ3n) is 9.30. The van der Waals surface area contributed by atoms with Gasteiger partial charge < -0.3 is 14.7 Å². The lowest BCUT2D eigenvalue weighted by atomic mass is 9.60. The molecule has 0 amide bonds. The van der Waals surface area contributed by atoms with Crippen LogP contribution in [0.15, 0.2) is 47.1 Å². The number of alkyl halides is 5. The number of hydrogen-bond donors (Lipinski definition) is 1. The van der Waals surface area contributed by atoms with Crippen LogP contribution in [0.1, 0.15) is 86.8 Å². The molecule has 0 bridgehead atoms. The van der Waals surface area contributed by atoms with Crippen molar-refractivity contribution in [1.82, 2.24) is 0 Å². The highest BCUT2D eigenvalue weighted by Gasteiger charge is 2.78. The van der Waals surface area contributed by atoms with E-state index in [1.54, 1.807) is 6.08 Å². The van der Waals surface area contributed by atoms with Gasteiger partial charge in [0.25, 0.3) is 0 Å². The van der Waals surface area contributed by atoms with Crippen LogP contribution in [0.5, 0.6) is 0 Å². The first-order valence-electron chi connectivity index (χ1n) is 12.7. The van der Waals surface area contributed by atoms with Gasteiger partial charge in [0.05, 0.1) is 6.61 Å². The van der Waals surface area contributed by atoms with Crippen molar-refractivity contribution in [2.45, 2.75) is 99.0 Å². The molecule has 5 atom stereocenters. The van der Waals surface area contributed by atoms with Gasteiger partial charge in [0.1, 0.15) is 11.7 Å². The van der Waals surface area contributed by atoms with E-state index in [2.05, 4.69) is 0 Å². The summed E-state index contributed by atoms with van der Waals surface area (Å²) in [6, 6.07) is 7.59. The molecule has 4 nitrogen and oxygen atoms in total. The van der Waals surface area contributed by atoms with Crippen LogP contribution in [-0.4, -0.2) is 49.3 Å². The number of fused-ring (bicyclic) bond motifs is 4. The van der Waals surface area contributed by atoms with Crippen LogP contribution in [0.25, 0.3) is 0 Å². The molecule has 1 aliphatic heterocycles. The van der Waals surface area contributed by atoms with Gasteiger partial charge in [0.2, 0.25) is 0 Å². The normalized spacial score (nSPS) is 30.3. The molecule has 242 valence electrons. The molecular weight excluding hydrogens is 573 g/mol. The molecule has 42 heavy (non-hydrogen) atoms. The summed E-state index contributed by atoms with van der Waals surface area (Å²) >= 11 is 0. The number of allylic oxidation sites excluding steroid dienone is 3. The van der Waals surface area contributed by atoms with Crippen LogP contribution in [0.2, 0.25) is 0 Å². The molecule has 1 aromatic rings. The lowest BCUT2D eigenvalue weighted by molar-refractivity contribution is -0.363. The van der Waals surface area contributed by atoms with E-state index in [0.717, 1.165) is 28.0 Å². The number of ketones is 1. The minimum Gasteiger partial charge on any atom is -0.383 e. The number of ether oxygens (including phenoxy) is 1. The zero-order valence-electron chi connectivity index (χ0n) is 21.7. The lowest BCUT2D eigenvalue weighted by Crippen LogP contribution is -2.65. The molecule has 3 aliphatic carbocycles. The van der Waals surface area contributed by atoms with E-state index in [-0.39, 0.29) is 61.3 Å². The Hall–Kier alpha value is -1.91. The summed E-state index contributed by atoms with van der Waals surface area (Å²) in [6.07, 6.45) is -3.69. The van der Waals surface area contributed by atoms with E-state index in [4.69, 9.17) is 4.74 Å². The standard InChI is InChI=1S/C28H32F5NO3.4CH4.H2S/c1-25-15-37-24(16-4-7-18(8-5-16)34(2)3)23-20-11-9-19(35)14-17(20)6-10-21(23)22(25)12-13-26(25,36)27(29,30)28(31,32)33;;;;;/h4-5,7-8,14,21-22,24,36H,6,9-13,15H2,1-3H3;4*1H4;1H2/t21?,22?,24-,25+,26+;;;;;/m1...../s1. The molecule has 0 aromatic heterocycles. The maximum absolute atomic E-state index is 15.0. The number of aliphatic hydroxyl groups is 1. The van der Waals surface area contributed by atoms with Crippen molar-refractivity contribution in [1.29, 1.82) is 0 Å². The van der Waals surface area contributed by atoms with Crippen LogP contribution >= 0.6 is 13.5 Å². The summed E-state index contributed by atoms with van der Waals surface area (Å²) in [6.45, 7) is 0.894. The zero-order chi connectivity index (χ0) is 27.0. The van der Waals surface area contributed by atoms with Crippen LogP contribution in [-0.2, 0) is 9.53 Å². The van der Waals surface area contributed by atoms with Crippen molar-refractivity contribution in [3.8, 4) is 0 Å². The van der Waals surface area contributed by atoms with E-state index in [0.29, 0.717) is 25.7 Å². The molecule has 1 aromatic carbocycles. The second-order valence-electron chi connectivity index (χ2n) is 11.4. The van der Waals surface area contributed by atoms with Gasteiger partial charge in [-0.15, -0.1) is 0 Å². The van der Waals surface area contributed by atoms with Gasteiger partial charge in [-0.05, 0) is 84.4 Å². The molecule has 2 fully saturated rings. The van der Waals surface area contributed by atoms with Crippen molar-refractivity contribution >= 4 is 25.0 Å². The van der Waals surface area contributed by atoms with E-state index >= 15 is 0 Å². The van der Waals surface area contributed by atoms with Crippen molar-refractivity contribution < 1.29 is 36.6 Å². The minimum atomic E-state index is -5.89. The van der Waals surface area contributed by atoms with Crippen molar-refractivity contribution in [2.75, 3.05) is 25.6 Å². The Kier molecular flexibility index (Phi) is 12.8. The molecular formula is C32H50F5NO3S. The summed E-state index contributed by atoms with van der Waals surface area (Å²) in [5.41, 5.74) is -0.671. The second kappa shape index (κ2) is 13.4. The smallest absolute Gasteiger partial charge is 0.383 e. The van der Waals surface area contributed by atoms with Crippen LogP contribution in [0, 0.1) is 17.3 Å². The molecule has 0 radical (unpaired) electrons. The molecule has 1 saturated heterocycles. The van der Waals surface area contributed by atoms with Gasteiger partial charge >= 0.3 is 12.1 Å². The summed E-state index contributed by atoms with van der Waals surface area (Å²) < 4.78 is 77.0. The number of rotatable bonds is 3. The summed E-state index contributed by atoms with van der Waals surface area (Å²) in [4.78, 5) is 14.1. The van der Waals surface area contributed by atoms with E-state index in [9.17, 15) is 31.9 Å². The summed E-state index contributed by atoms with van der Waals surface area (Å²) in [5.74, 6) is -6.23. The molecule has 0 spiro atoms. The summed E-state index contributed by atoms with van der Waals surface area (Å²) in [5, 5.41) is 11.2. The fourth-order valence-corrected chi connectivity index (χ4v) is 7.24. The maximum Gasteiger partial charge on any atom is 0.456 e. The highest BCUT2D eigenvalue weighted by atomic mass is 32.1. The molecule has 10 heteroatoms. The number of benzene rings is 1. The van der Waals surface area contributed by atoms with E-state index in [1.807, 2.05) is 43.3 Å². The van der Waals surface area contributed by atoms with Crippen molar-refractivity contribution in [3.63, 3.8) is 0 Å². The number of hydrogen-bond acceptors (Lipinski definition) is 4. The first-order chi connectivity index (χ1) is 17.2. The lowest BCUT2D eigenvalue weighted by Gasteiger charge is -2.47. The van der Waals surface area contributed by atoms with Crippen LogP contribution in [0.4, 0.5) is 27.6 Å². The largest absolute Gasteiger partial charge is 0.456 e. The Balaban J connectivity index is 0.00000336. The third kappa shape index (κ3) is 5.80. The quantitative estimate of drug-likeness (QED) is 0.342. The Morgan fingerprint density at radius 1 is 0.952 bits per heavy atom. The first-order valence-corrected chi connectivity index (χ1v) is 12.7. The highest BCUT2D eigenvalue weighted by Crippen LogP contribution is 2.66. The fraction of sp³-hybridized carbons (Fsp3) is 0.656. The summed E-state index contributed by atoms with van der Waals surface area (Å²) in [7, 11) is 3.80. The topological polar surface area (TPSA) is 49.8 Å². The van der Waals surface area contributed by atoms with Crippen LogP contribution < -0.4 is 4.90 Å². The Morgan fingerprint density at radius 3 is 2.10 bits per heavy atom. The highest BCUT2D eigenvalue weighted by molar-refractivity contribution is 7.59. The average Bonchev–Trinajstić information content (AvgIpc) is 3.02. The predicted octanol–water partition coefficient (Wildman–Crippen LogP) is 8.82. The SMILES string of the molecule is C.C.C.C.CN(C)c1ccc([C@H]2OC[C@@]3(C)C(CC[C@@]3(O)C(F)(F)C(F)(F)F)C3CCC4=CC(=O)CCC4=C32)cc1.S. The average molecular weight is 624 g/mol. The van der Waals surface area contributed by atoms with Gasteiger partial charge in [-0.2, -0.15) is 35.4 Å². The van der Waals surface area contributed by atoms with E-state index in [1.165, 1.54) is 6.92 Å². The van der Waals surface area contributed by atoms with E-state index < -0.39 is 48.2 Å². The van der Waals surface area contributed by atoms with Crippen molar-refractivity contribution in [2.24, 2.45) is 17.3 Å². The molecule has 2 unspecified atom stereocenters. The van der Waals surface area contributed by atoms with Gasteiger partial charge in [-0.25, -0.2) is 0 Å². The van der Waals surface area contributed by atoms with Crippen LogP contribution in [0.3, 0.4) is 0 Å². The molecule has 5 rings (SSSR count). The Labute approximate surface area is 255 Å². The predicted molar refractivity (Wildman–Crippen MR) is 166 cm³/mol. The molecule has 4 aliphatic rings.